The molecule has 5 nitrogen and oxygen atoms in total. The third-order valence-corrected chi connectivity index (χ3v) is 5.41. The number of terminal acetylenes is 1. The average Bonchev–Trinajstić information content (AvgIpc) is 2.84. The molecule has 34 heavy (non-hydrogen) atoms. The van der Waals surface area contributed by atoms with Crippen molar-refractivity contribution in [2.75, 3.05) is 6.54 Å². The average molecular weight is 452 g/mol. The number of fused-ring (bicyclic) bond motifs is 1. The van der Waals surface area contributed by atoms with Crippen molar-refractivity contribution in [2.24, 2.45) is 11.7 Å². The number of unbranched alkanes of at least 4 members (excludes halogenated alkanes) is 1. The number of rotatable bonds is 8. The Kier molecular flexibility index (Phi) is 10.9. The first kappa shape index (κ1) is 26.2. The fourth-order valence-electron chi connectivity index (χ4n) is 3.64. The van der Waals surface area contributed by atoms with E-state index in [9.17, 15) is 9.59 Å². The summed E-state index contributed by atoms with van der Waals surface area (Å²) in [6.07, 6.45) is 7.63. The highest BCUT2D eigenvalue weighted by Gasteiger charge is 2.36. The fraction of sp³-hybridized carbons (Fsp3) is 0.379. The Morgan fingerprint density at radius 1 is 1.06 bits per heavy atom. The van der Waals surface area contributed by atoms with E-state index in [4.69, 9.17) is 12.2 Å². The van der Waals surface area contributed by atoms with Gasteiger partial charge in [-0.1, -0.05) is 38.1 Å². The molecule has 1 aliphatic heterocycles. The Balaban J connectivity index is 1.83. The van der Waals surface area contributed by atoms with Crippen molar-refractivity contribution in [3.05, 3.63) is 35.4 Å². The first-order valence-electron chi connectivity index (χ1n) is 11.3. The molecule has 172 valence electrons. The van der Waals surface area contributed by atoms with Crippen molar-refractivity contribution >= 4 is 11.7 Å². The Bertz CT molecular complexity index is 1180. The number of carbonyl (C=O) groups is 2. The maximum Gasteiger partial charge on any atom is 0.240 e. The van der Waals surface area contributed by atoms with Gasteiger partial charge in [0.1, 0.15) is 0 Å². The van der Waals surface area contributed by atoms with Crippen LogP contribution in [0.15, 0.2) is 24.3 Å². The molecule has 3 N–H and O–H groups in total. The van der Waals surface area contributed by atoms with Crippen molar-refractivity contribution in [1.82, 2.24) is 10.2 Å². The first-order valence-corrected chi connectivity index (χ1v) is 11.3. The molecule has 1 aliphatic rings. The molecule has 1 heterocycles. The van der Waals surface area contributed by atoms with Crippen LogP contribution in [0.25, 0.3) is 0 Å². The van der Waals surface area contributed by atoms with Gasteiger partial charge in [-0.3, -0.25) is 9.59 Å². The molecule has 2 rings (SSSR count). The summed E-state index contributed by atoms with van der Waals surface area (Å²) < 4.78 is 0. The van der Waals surface area contributed by atoms with Gasteiger partial charge in [0.15, 0.2) is 5.78 Å². The highest BCUT2D eigenvalue weighted by molar-refractivity contribution is 5.92. The lowest BCUT2D eigenvalue weighted by atomic mass is 9.87. The zero-order valence-electron chi connectivity index (χ0n) is 19.7. The minimum atomic E-state index is -0.638. The van der Waals surface area contributed by atoms with Crippen LogP contribution in [0.5, 0.6) is 0 Å². The Morgan fingerprint density at radius 3 is 2.38 bits per heavy atom. The molecule has 0 fully saturated rings. The number of nitrogens with two attached hydrogens (primary N) is 1. The highest BCUT2D eigenvalue weighted by atomic mass is 16.2. The summed E-state index contributed by atoms with van der Waals surface area (Å²) in [7, 11) is 0. The molecule has 0 spiro atoms. The summed E-state index contributed by atoms with van der Waals surface area (Å²) >= 11 is 0. The maximum atomic E-state index is 13.2. The molecule has 1 amide bonds. The second-order valence-corrected chi connectivity index (χ2v) is 8.19. The van der Waals surface area contributed by atoms with Crippen molar-refractivity contribution < 1.29 is 9.59 Å². The van der Waals surface area contributed by atoms with Crippen LogP contribution in [0.1, 0.15) is 44.2 Å². The topological polar surface area (TPSA) is 75.4 Å². The van der Waals surface area contributed by atoms with Gasteiger partial charge in [-0.05, 0) is 54.1 Å². The van der Waals surface area contributed by atoms with Crippen LogP contribution in [0.3, 0.4) is 0 Å². The summed E-state index contributed by atoms with van der Waals surface area (Å²) in [6, 6.07) is 9.60. The Morgan fingerprint density at radius 2 is 1.71 bits per heavy atom. The van der Waals surface area contributed by atoms with Crippen LogP contribution >= 0.6 is 0 Å². The number of nitrogens with one attached hydrogen (secondary N) is 1. The van der Waals surface area contributed by atoms with Gasteiger partial charge < -0.3 is 16.0 Å². The van der Waals surface area contributed by atoms with Gasteiger partial charge in [-0.2, -0.15) is 0 Å². The monoisotopic (exact) mass is 451 g/mol. The maximum absolute atomic E-state index is 13.2. The number of hydrogen-bond acceptors (Lipinski definition) is 4. The van der Waals surface area contributed by atoms with E-state index < -0.39 is 12.1 Å². The van der Waals surface area contributed by atoms with E-state index in [1.165, 1.54) is 0 Å². The summed E-state index contributed by atoms with van der Waals surface area (Å²) in [6.45, 7) is 4.82. The minimum absolute atomic E-state index is 0.0763. The second-order valence-electron chi connectivity index (χ2n) is 8.19. The normalized spacial score (nSPS) is 14.2. The Labute approximate surface area is 203 Å². The summed E-state index contributed by atoms with van der Waals surface area (Å²) in [4.78, 5) is 27.7. The number of ketones is 1. The van der Waals surface area contributed by atoms with E-state index in [1.807, 2.05) is 38.1 Å². The van der Waals surface area contributed by atoms with E-state index >= 15 is 0 Å². The van der Waals surface area contributed by atoms with Gasteiger partial charge in [0.05, 0.1) is 12.1 Å². The lowest BCUT2D eigenvalue weighted by molar-refractivity contribution is -0.143. The van der Waals surface area contributed by atoms with Crippen molar-refractivity contribution in [3.8, 4) is 59.8 Å². The smallest absolute Gasteiger partial charge is 0.240 e. The molecule has 0 saturated carbocycles. The van der Waals surface area contributed by atoms with Crippen LogP contribution in [0.2, 0.25) is 0 Å². The molecule has 1 aromatic rings. The van der Waals surface area contributed by atoms with E-state index in [0.29, 0.717) is 25.9 Å². The number of benzene rings is 1. The van der Waals surface area contributed by atoms with Gasteiger partial charge >= 0.3 is 0 Å². The number of carbonyl (C=O) groups excluding carboxylic acids is 2. The third-order valence-electron chi connectivity index (χ3n) is 5.41. The van der Waals surface area contributed by atoms with Crippen LogP contribution in [-0.2, 0) is 22.6 Å². The van der Waals surface area contributed by atoms with Gasteiger partial charge in [-0.15, -0.1) is 6.42 Å². The van der Waals surface area contributed by atoms with Crippen LogP contribution in [0.4, 0.5) is 0 Å². The van der Waals surface area contributed by atoms with Crippen molar-refractivity contribution in [2.45, 2.75) is 58.2 Å². The molecule has 5 heteroatoms. The molecule has 0 bridgehead atoms. The van der Waals surface area contributed by atoms with E-state index in [0.717, 1.165) is 24.0 Å². The predicted molar refractivity (Wildman–Crippen MR) is 134 cm³/mol. The standard InChI is InChI=1S/C29H29N3O2/c1-4-5-6-7-8-9-10-14-19-31-20-15-13-18-26(30)29(34)32-22-25-17-12-11-16-24(25)21-27(32)28(33)23(2)3/h1,11-12,16-17,23,26-27,31H,13,15,18,20-22,30H2,2-3H3/t26-,27-/m0/s1. The number of Topliss-reactive ketones (excluding diaryl/α,β-unsaturated/α-hetero) is 1. The zero-order valence-corrected chi connectivity index (χ0v) is 19.7. The highest BCUT2D eigenvalue weighted by Crippen LogP contribution is 2.26. The summed E-state index contributed by atoms with van der Waals surface area (Å²) in [5.74, 6) is 19.5. The van der Waals surface area contributed by atoms with Gasteiger partial charge in [-0.25, -0.2) is 0 Å². The lowest BCUT2D eigenvalue weighted by Crippen LogP contribution is -2.54. The van der Waals surface area contributed by atoms with Crippen molar-refractivity contribution in [3.63, 3.8) is 0 Å². The minimum Gasteiger partial charge on any atom is -0.345 e. The number of amides is 1. The van der Waals surface area contributed by atoms with Gasteiger partial charge in [0.25, 0.3) is 0 Å². The largest absolute Gasteiger partial charge is 0.345 e. The third kappa shape index (κ3) is 8.12. The van der Waals surface area contributed by atoms with E-state index in [1.54, 1.807) is 4.90 Å². The first-order chi connectivity index (χ1) is 16.5. The van der Waals surface area contributed by atoms with Gasteiger partial charge in [0.2, 0.25) is 5.91 Å². The molecule has 1 aromatic carbocycles. The van der Waals surface area contributed by atoms with Crippen LogP contribution in [-0.4, -0.2) is 35.2 Å². The SMILES string of the molecule is C#CC#CC#CC#CC#CNCCCC[C@H](N)C(=O)N1Cc2ccccc2C[C@H]1C(=O)C(C)C. The molecule has 0 aromatic heterocycles. The van der Waals surface area contributed by atoms with E-state index in [2.05, 4.69) is 58.7 Å². The molecular formula is C29H29N3O2. The molecule has 0 radical (unpaired) electrons. The quantitative estimate of drug-likeness (QED) is 0.359. The summed E-state index contributed by atoms with van der Waals surface area (Å²) in [5.41, 5.74) is 8.45. The van der Waals surface area contributed by atoms with Crippen LogP contribution < -0.4 is 11.1 Å². The van der Waals surface area contributed by atoms with Crippen molar-refractivity contribution in [1.29, 1.82) is 0 Å². The zero-order chi connectivity index (χ0) is 24.8. The second kappa shape index (κ2) is 14.1. The van der Waals surface area contributed by atoms with Crippen LogP contribution in [0, 0.1) is 65.7 Å². The number of hydrogen-bond donors (Lipinski definition) is 2. The molecule has 0 saturated heterocycles. The Hall–Kier alpha value is -4.08. The lowest BCUT2D eigenvalue weighted by Gasteiger charge is -2.38. The predicted octanol–water partition coefficient (Wildman–Crippen LogP) is 1.86. The molecular weight excluding hydrogens is 422 g/mol. The molecule has 0 aliphatic carbocycles. The molecule has 2 atom stereocenters. The molecule has 0 unspecified atom stereocenters. The fourth-order valence-corrected chi connectivity index (χ4v) is 3.64. The van der Waals surface area contributed by atoms with E-state index in [-0.39, 0.29) is 17.6 Å². The van der Waals surface area contributed by atoms with Gasteiger partial charge in [0, 0.05) is 55.2 Å². The summed E-state index contributed by atoms with van der Waals surface area (Å²) in [5, 5.41) is 2.96. The number of nitrogens with zero attached hydrogens (tertiary/aromatic N) is 1.